The van der Waals surface area contributed by atoms with Crippen LogP contribution in [0.4, 0.5) is 32.0 Å². The maximum atomic E-state index is 13.7. The molecule has 1 heterocycles. The quantitative estimate of drug-likeness (QED) is 0.157. The lowest BCUT2D eigenvalue weighted by molar-refractivity contribution is -0.153. The first-order chi connectivity index (χ1) is 21.8. The Morgan fingerprint density at radius 1 is 0.739 bits per heavy atom. The minimum absolute atomic E-state index is 0.0807. The Morgan fingerprint density at radius 3 is 2.00 bits per heavy atom. The van der Waals surface area contributed by atoms with E-state index in [9.17, 15) is 41.0 Å². The summed E-state index contributed by atoms with van der Waals surface area (Å²) in [6, 6.07) is 25.9. The van der Waals surface area contributed by atoms with Crippen molar-refractivity contribution in [3.63, 3.8) is 0 Å². The summed E-state index contributed by atoms with van der Waals surface area (Å²) < 4.78 is 90.5. The van der Waals surface area contributed by atoms with Gasteiger partial charge in [-0.15, -0.1) is 0 Å². The number of hydrogen-bond donors (Lipinski definition) is 2. The number of carboxylic acids is 1. The van der Waals surface area contributed by atoms with Crippen LogP contribution in [0.2, 0.25) is 0 Å². The summed E-state index contributed by atoms with van der Waals surface area (Å²) in [6.45, 7) is 0. The molecule has 46 heavy (non-hydrogen) atoms. The van der Waals surface area contributed by atoms with Gasteiger partial charge in [0, 0.05) is 17.7 Å². The Morgan fingerprint density at radius 2 is 1.39 bits per heavy atom. The van der Waals surface area contributed by atoms with Gasteiger partial charge in [-0.1, -0.05) is 66.7 Å². The van der Waals surface area contributed by atoms with Crippen LogP contribution in [0.5, 0.6) is 5.75 Å². The van der Waals surface area contributed by atoms with Crippen molar-refractivity contribution in [1.82, 2.24) is 0 Å². The average molecular weight is 640 g/mol. The molecule has 2 N–H and O–H groups in total. The summed E-state index contributed by atoms with van der Waals surface area (Å²) in [4.78, 5) is 24.7. The monoisotopic (exact) mass is 639 g/mol. The Balaban J connectivity index is 1.31. The van der Waals surface area contributed by atoms with Crippen molar-refractivity contribution in [3.8, 4) is 28.2 Å². The van der Waals surface area contributed by atoms with Gasteiger partial charge in [0.2, 0.25) is 5.76 Å². The fraction of sp³-hybridized carbons (Fsp3) is 0.118. The third-order valence-electron chi connectivity index (χ3n) is 6.86. The number of rotatable bonds is 9. The predicted octanol–water partition coefficient (Wildman–Crippen LogP) is 8.98. The van der Waals surface area contributed by atoms with Crippen molar-refractivity contribution >= 4 is 17.6 Å². The molecule has 236 valence electrons. The van der Waals surface area contributed by atoms with Crippen LogP contribution in [0.3, 0.4) is 0 Å². The van der Waals surface area contributed by atoms with Crippen LogP contribution in [0.25, 0.3) is 22.5 Å². The number of furan rings is 1. The van der Waals surface area contributed by atoms with Crippen LogP contribution < -0.4 is 10.1 Å². The van der Waals surface area contributed by atoms with Gasteiger partial charge in [-0.05, 0) is 59.2 Å². The Hall–Kier alpha value is -5.52. The standard InChI is InChI=1S/C34H23F6NO5/c35-33(36,37)24-13-9-22(10-14-24)28-19-27(30(46-28)34(38,39)40)31(42)41-25-15-11-21(12-16-25)23-7-4-8-26(18-23)45-29(32(43)44)17-20-5-2-1-3-6-20/h1-16,18-19,29H,17H2,(H,41,42)(H,43,44). The molecule has 0 aliphatic rings. The lowest BCUT2D eigenvalue weighted by Gasteiger charge is -2.16. The van der Waals surface area contributed by atoms with E-state index in [0.29, 0.717) is 29.0 Å². The van der Waals surface area contributed by atoms with Crippen molar-refractivity contribution in [2.24, 2.45) is 0 Å². The Kier molecular flexibility index (Phi) is 8.90. The van der Waals surface area contributed by atoms with E-state index in [1.165, 1.54) is 12.1 Å². The van der Waals surface area contributed by atoms with Crippen molar-refractivity contribution in [1.29, 1.82) is 0 Å². The molecule has 5 aromatic rings. The number of carboxylic acid groups (broad SMARTS) is 1. The molecule has 12 heteroatoms. The van der Waals surface area contributed by atoms with Gasteiger partial charge < -0.3 is 19.6 Å². The molecule has 1 unspecified atom stereocenters. The zero-order chi connectivity index (χ0) is 33.1. The summed E-state index contributed by atoms with van der Waals surface area (Å²) >= 11 is 0. The van der Waals surface area contributed by atoms with E-state index in [2.05, 4.69) is 5.32 Å². The molecule has 4 aromatic carbocycles. The van der Waals surface area contributed by atoms with E-state index >= 15 is 0 Å². The van der Waals surface area contributed by atoms with Crippen LogP contribution in [0.15, 0.2) is 114 Å². The molecule has 1 amide bonds. The number of aliphatic carboxylic acids is 1. The molecule has 5 rings (SSSR count). The molecule has 6 nitrogen and oxygen atoms in total. The van der Waals surface area contributed by atoms with Gasteiger partial charge in [0.05, 0.1) is 11.1 Å². The summed E-state index contributed by atoms with van der Waals surface area (Å²) in [6.07, 6.45) is -10.7. The van der Waals surface area contributed by atoms with Gasteiger partial charge in [-0.25, -0.2) is 4.79 Å². The molecule has 1 aromatic heterocycles. The SMILES string of the molecule is O=C(Nc1ccc(-c2cccc(OC(Cc3ccccc3)C(=O)O)c2)cc1)c1cc(-c2ccc(C(F)(F)F)cc2)oc1C(F)(F)F. The highest BCUT2D eigenvalue weighted by Gasteiger charge is 2.41. The number of halogens is 6. The van der Waals surface area contributed by atoms with E-state index < -0.39 is 53.0 Å². The molecule has 1 atom stereocenters. The second-order valence-electron chi connectivity index (χ2n) is 10.1. The van der Waals surface area contributed by atoms with Crippen LogP contribution in [-0.4, -0.2) is 23.1 Å². The lowest BCUT2D eigenvalue weighted by atomic mass is 10.0. The third-order valence-corrected chi connectivity index (χ3v) is 6.86. The minimum Gasteiger partial charge on any atom is -0.478 e. The van der Waals surface area contributed by atoms with Crippen LogP contribution in [-0.2, 0) is 23.6 Å². The fourth-order valence-corrected chi connectivity index (χ4v) is 4.60. The topological polar surface area (TPSA) is 88.8 Å². The molecular weight excluding hydrogens is 616 g/mol. The first-order valence-corrected chi connectivity index (χ1v) is 13.6. The Labute approximate surface area is 257 Å². The smallest absolute Gasteiger partial charge is 0.450 e. The summed E-state index contributed by atoms with van der Waals surface area (Å²) in [5.41, 5.74) is 0.309. The number of hydrogen-bond acceptors (Lipinski definition) is 4. The lowest BCUT2D eigenvalue weighted by Crippen LogP contribution is -2.29. The first-order valence-electron chi connectivity index (χ1n) is 13.6. The number of nitrogens with one attached hydrogen (secondary N) is 1. The van der Waals surface area contributed by atoms with E-state index in [1.54, 1.807) is 60.7 Å². The number of ether oxygens (including phenoxy) is 1. The normalized spacial score (nSPS) is 12.4. The number of benzene rings is 4. The maximum absolute atomic E-state index is 13.7. The molecule has 0 radical (unpaired) electrons. The average Bonchev–Trinajstić information content (AvgIpc) is 3.48. The minimum atomic E-state index is -5.06. The molecular formula is C34H23F6NO5. The highest BCUT2D eigenvalue weighted by molar-refractivity contribution is 6.06. The van der Waals surface area contributed by atoms with Crippen molar-refractivity contribution in [2.45, 2.75) is 24.9 Å². The van der Waals surface area contributed by atoms with E-state index in [4.69, 9.17) is 9.15 Å². The first kappa shape index (κ1) is 31.9. The van der Waals surface area contributed by atoms with Gasteiger partial charge in [0.25, 0.3) is 5.91 Å². The summed E-state index contributed by atoms with van der Waals surface area (Å²) in [7, 11) is 0. The number of carbonyl (C=O) groups is 2. The van der Waals surface area contributed by atoms with E-state index in [-0.39, 0.29) is 17.7 Å². The Bertz CT molecular complexity index is 1830. The molecule has 0 bridgehead atoms. The van der Waals surface area contributed by atoms with E-state index in [0.717, 1.165) is 23.8 Å². The molecule has 0 saturated heterocycles. The maximum Gasteiger partial charge on any atom is 0.450 e. The van der Waals surface area contributed by atoms with Gasteiger partial charge >= 0.3 is 18.3 Å². The zero-order valence-corrected chi connectivity index (χ0v) is 23.5. The molecule has 0 aliphatic carbocycles. The zero-order valence-electron chi connectivity index (χ0n) is 23.5. The number of carbonyl (C=O) groups excluding carboxylic acids is 1. The molecule has 0 spiro atoms. The van der Waals surface area contributed by atoms with Crippen LogP contribution in [0.1, 0.15) is 27.2 Å². The fourth-order valence-electron chi connectivity index (χ4n) is 4.60. The summed E-state index contributed by atoms with van der Waals surface area (Å²) in [5.74, 6) is -4.00. The highest BCUT2D eigenvalue weighted by Crippen LogP contribution is 2.38. The van der Waals surface area contributed by atoms with Gasteiger partial charge in [-0.2, -0.15) is 26.3 Å². The van der Waals surface area contributed by atoms with Crippen molar-refractivity contribution in [3.05, 3.63) is 132 Å². The number of amides is 1. The van der Waals surface area contributed by atoms with Crippen molar-refractivity contribution < 1.29 is 50.2 Å². The second kappa shape index (κ2) is 12.8. The van der Waals surface area contributed by atoms with Crippen LogP contribution >= 0.6 is 0 Å². The molecule has 0 fully saturated rings. The third kappa shape index (κ3) is 7.57. The summed E-state index contributed by atoms with van der Waals surface area (Å²) in [5, 5.41) is 12.0. The van der Waals surface area contributed by atoms with Crippen LogP contribution in [0, 0.1) is 0 Å². The largest absolute Gasteiger partial charge is 0.478 e. The predicted molar refractivity (Wildman–Crippen MR) is 156 cm³/mol. The highest BCUT2D eigenvalue weighted by atomic mass is 19.4. The number of alkyl halides is 6. The van der Waals surface area contributed by atoms with Gasteiger partial charge in [-0.3, -0.25) is 4.79 Å². The van der Waals surface area contributed by atoms with Crippen molar-refractivity contribution in [2.75, 3.05) is 5.32 Å². The number of anilines is 1. The molecule has 0 saturated carbocycles. The second-order valence-corrected chi connectivity index (χ2v) is 10.1. The van der Waals surface area contributed by atoms with Gasteiger partial charge in [0.1, 0.15) is 11.5 Å². The van der Waals surface area contributed by atoms with E-state index in [1.807, 2.05) is 6.07 Å². The van der Waals surface area contributed by atoms with Gasteiger partial charge in [0.15, 0.2) is 6.10 Å². The molecule has 0 aliphatic heterocycles.